The van der Waals surface area contributed by atoms with Gasteiger partial charge in [0, 0.05) is 11.7 Å². The fourth-order valence-corrected chi connectivity index (χ4v) is 1.83. The predicted octanol–water partition coefficient (Wildman–Crippen LogP) is 2.47. The highest BCUT2D eigenvalue weighted by atomic mass is 16.5. The molecule has 1 aromatic heterocycles. The maximum absolute atomic E-state index is 5.78. The average Bonchev–Trinajstić information content (AvgIpc) is 3.14. The second-order valence-electron chi connectivity index (χ2n) is 4.68. The lowest BCUT2D eigenvalue weighted by Crippen LogP contribution is -2.19. The molecule has 0 unspecified atom stereocenters. The van der Waals surface area contributed by atoms with Crippen LogP contribution in [0.5, 0.6) is 5.75 Å². The van der Waals surface area contributed by atoms with Gasteiger partial charge in [0.25, 0.3) is 0 Å². The van der Waals surface area contributed by atoms with Crippen LogP contribution in [0.15, 0.2) is 12.1 Å². The zero-order valence-electron chi connectivity index (χ0n) is 10.8. The molecule has 1 fully saturated rings. The summed E-state index contributed by atoms with van der Waals surface area (Å²) >= 11 is 0. The molecule has 1 aliphatic carbocycles. The van der Waals surface area contributed by atoms with Crippen LogP contribution in [0.3, 0.4) is 0 Å². The zero-order chi connectivity index (χ0) is 12.1. The molecule has 94 valence electrons. The molecular weight excluding hydrogens is 212 g/mol. The largest absolute Gasteiger partial charge is 0.492 e. The summed E-state index contributed by atoms with van der Waals surface area (Å²) < 4.78 is 5.78. The lowest BCUT2D eigenvalue weighted by molar-refractivity contribution is 0.303. The quantitative estimate of drug-likeness (QED) is 0.736. The summed E-state index contributed by atoms with van der Waals surface area (Å²) in [5.41, 5.74) is 2.13. The Morgan fingerprint density at radius 1 is 1.41 bits per heavy atom. The summed E-state index contributed by atoms with van der Waals surface area (Å²) in [6.45, 7) is 5.97. The Morgan fingerprint density at radius 2 is 2.24 bits per heavy atom. The molecule has 1 saturated carbocycles. The van der Waals surface area contributed by atoms with E-state index in [4.69, 9.17) is 4.74 Å². The number of aryl methyl sites for hydroxylation is 2. The smallest absolute Gasteiger partial charge is 0.140 e. The number of rotatable bonds is 7. The average molecular weight is 234 g/mol. The first-order valence-corrected chi connectivity index (χ1v) is 6.62. The molecule has 0 aliphatic heterocycles. The minimum atomic E-state index is 0.775. The van der Waals surface area contributed by atoms with E-state index >= 15 is 0 Å². The highest BCUT2D eigenvalue weighted by Crippen LogP contribution is 2.19. The standard InChI is InChI=1S/C14H22N2O/c1-3-13-14(8-5-11(2)16-13)17-10-4-9-15-12-6-7-12/h5,8,12,15H,3-4,6-7,9-10H2,1-2H3. The Hall–Kier alpha value is -1.09. The number of hydrogen-bond acceptors (Lipinski definition) is 3. The molecule has 0 amide bonds. The van der Waals surface area contributed by atoms with Crippen molar-refractivity contribution in [2.45, 2.75) is 45.6 Å². The minimum Gasteiger partial charge on any atom is -0.492 e. The van der Waals surface area contributed by atoms with Crippen molar-refractivity contribution in [3.63, 3.8) is 0 Å². The van der Waals surface area contributed by atoms with E-state index in [1.807, 2.05) is 19.1 Å². The van der Waals surface area contributed by atoms with Crippen LogP contribution in [0.4, 0.5) is 0 Å². The summed E-state index contributed by atoms with van der Waals surface area (Å²) in [5, 5.41) is 3.48. The fraction of sp³-hybridized carbons (Fsp3) is 0.643. The van der Waals surface area contributed by atoms with Crippen LogP contribution in [-0.4, -0.2) is 24.2 Å². The van der Waals surface area contributed by atoms with E-state index in [-0.39, 0.29) is 0 Å². The first kappa shape index (κ1) is 12.4. The molecule has 0 radical (unpaired) electrons. The molecule has 1 aliphatic rings. The van der Waals surface area contributed by atoms with E-state index in [1.54, 1.807) is 0 Å². The second-order valence-corrected chi connectivity index (χ2v) is 4.68. The summed E-state index contributed by atoms with van der Waals surface area (Å²) in [6, 6.07) is 4.84. The van der Waals surface area contributed by atoms with Gasteiger partial charge in [0.2, 0.25) is 0 Å². The van der Waals surface area contributed by atoms with Crippen molar-refractivity contribution in [3.05, 3.63) is 23.5 Å². The highest BCUT2D eigenvalue weighted by molar-refractivity contribution is 5.29. The first-order valence-electron chi connectivity index (χ1n) is 6.62. The van der Waals surface area contributed by atoms with Crippen molar-refractivity contribution in [1.29, 1.82) is 0 Å². The molecule has 1 heterocycles. The monoisotopic (exact) mass is 234 g/mol. The SMILES string of the molecule is CCc1nc(C)ccc1OCCCNC1CC1. The van der Waals surface area contributed by atoms with Crippen molar-refractivity contribution in [2.75, 3.05) is 13.2 Å². The third-order valence-electron chi connectivity index (χ3n) is 3.00. The van der Waals surface area contributed by atoms with Crippen LogP contribution >= 0.6 is 0 Å². The van der Waals surface area contributed by atoms with Crippen LogP contribution in [0.2, 0.25) is 0 Å². The summed E-state index contributed by atoms with van der Waals surface area (Å²) in [4.78, 5) is 4.49. The van der Waals surface area contributed by atoms with Gasteiger partial charge < -0.3 is 10.1 Å². The maximum Gasteiger partial charge on any atom is 0.140 e. The molecule has 3 heteroatoms. The molecule has 1 N–H and O–H groups in total. The Morgan fingerprint density at radius 3 is 2.94 bits per heavy atom. The molecule has 2 rings (SSSR count). The van der Waals surface area contributed by atoms with Gasteiger partial charge in [-0.15, -0.1) is 0 Å². The molecule has 0 spiro atoms. The zero-order valence-corrected chi connectivity index (χ0v) is 10.8. The van der Waals surface area contributed by atoms with E-state index in [1.165, 1.54) is 12.8 Å². The fourth-order valence-electron chi connectivity index (χ4n) is 1.83. The molecular formula is C14H22N2O. The Balaban J connectivity index is 1.73. The van der Waals surface area contributed by atoms with Gasteiger partial charge in [0.05, 0.1) is 12.3 Å². The molecule has 0 aromatic carbocycles. The van der Waals surface area contributed by atoms with Crippen molar-refractivity contribution >= 4 is 0 Å². The van der Waals surface area contributed by atoms with Crippen LogP contribution in [-0.2, 0) is 6.42 Å². The number of ether oxygens (including phenoxy) is 1. The Labute approximate surface area is 104 Å². The highest BCUT2D eigenvalue weighted by Gasteiger charge is 2.19. The van der Waals surface area contributed by atoms with Crippen LogP contribution in [0.1, 0.15) is 37.6 Å². The van der Waals surface area contributed by atoms with Gasteiger partial charge in [-0.1, -0.05) is 6.92 Å². The van der Waals surface area contributed by atoms with Gasteiger partial charge in [-0.3, -0.25) is 4.98 Å². The maximum atomic E-state index is 5.78. The molecule has 0 saturated heterocycles. The van der Waals surface area contributed by atoms with Gasteiger partial charge >= 0.3 is 0 Å². The summed E-state index contributed by atoms with van der Waals surface area (Å²) in [7, 11) is 0. The molecule has 0 atom stereocenters. The third kappa shape index (κ3) is 4.00. The number of nitrogens with zero attached hydrogens (tertiary/aromatic N) is 1. The van der Waals surface area contributed by atoms with Crippen molar-refractivity contribution in [3.8, 4) is 5.75 Å². The lowest BCUT2D eigenvalue weighted by Gasteiger charge is -2.10. The van der Waals surface area contributed by atoms with Crippen molar-refractivity contribution in [2.24, 2.45) is 0 Å². The second kappa shape index (κ2) is 6.01. The van der Waals surface area contributed by atoms with E-state index < -0.39 is 0 Å². The number of nitrogens with one attached hydrogen (secondary N) is 1. The molecule has 3 nitrogen and oxygen atoms in total. The van der Waals surface area contributed by atoms with Crippen LogP contribution in [0, 0.1) is 6.92 Å². The van der Waals surface area contributed by atoms with Gasteiger partial charge in [0.1, 0.15) is 5.75 Å². The normalized spacial score (nSPS) is 14.9. The van der Waals surface area contributed by atoms with E-state index in [9.17, 15) is 0 Å². The molecule has 1 aromatic rings. The van der Waals surface area contributed by atoms with Crippen molar-refractivity contribution < 1.29 is 4.74 Å². The van der Waals surface area contributed by atoms with Gasteiger partial charge in [-0.25, -0.2) is 0 Å². The van der Waals surface area contributed by atoms with Crippen LogP contribution in [0.25, 0.3) is 0 Å². The number of aromatic nitrogens is 1. The van der Waals surface area contributed by atoms with E-state index in [2.05, 4.69) is 17.2 Å². The van der Waals surface area contributed by atoms with E-state index in [0.29, 0.717) is 0 Å². The summed E-state index contributed by atoms with van der Waals surface area (Å²) in [6.07, 6.45) is 4.69. The van der Waals surface area contributed by atoms with Crippen molar-refractivity contribution in [1.82, 2.24) is 10.3 Å². The minimum absolute atomic E-state index is 0.775. The Kier molecular flexibility index (Phi) is 4.37. The number of hydrogen-bond donors (Lipinski definition) is 1. The molecule has 0 bridgehead atoms. The van der Waals surface area contributed by atoms with Gasteiger partial charge in [-0.2, -0.15) is 0 Å². The Bertz CT molecular complexity index is 361. The summed E-state index contributed by atoms with van der Waals surface area (Å²) in [5.74, 6) is 0.949. The molecule has 17 heavy (non-hydrogen) atoms. The number of pyridine rings is 1. The van der Waals surface area contributed by atoms with E-state index in [0.717, 1.165) is 49.2 Å². The lowest BCUT2D eigenvalue weighted by atomic mass is 10.2. The van der Waals surface area contributed by atoms with Gasteiger partial charge in [0.15, 0.2) is 0 Å². The van der Waals surface area contributed by atoms with Crippen LogP contribution < -0.4 is 10.1 Å². The third-order valence-corrected chi connectivity index (χ3v) is 3.00. The predicted molar refractivity (Wildman–Crippen MR) is 69.5 cm³/mol. The first-order chi connectivity index (χ1) is 8.29. The van der Waals surface area contributed by atoms with Gasteiger partial charge in [-0.05, 0) is 51.3 Å². The topological polar surface area (TPSA) is 34.1 Å².